The van der Waals surface area contributed by atoms with Gasteiger partial charge < -0.3 is 14.8 Å². The predicted molar refractivity (Wildman–Crippen MR) is 96.7 cm³/mol. The average Bonchev–Trinajstić information content (AvgIpc) is 2.64. The summed E-state index contributed by atoms with van der Waals surface area (Å²) in [5, 5.41) is 3.06. The zero-order valence-electron chi connectivity index (χ0n) is 13.4. The van der Waals surface area contributed by atoms with E-state index in [-0.39, 0.29) is 11.1 Å². The first kappa shape index (κ1) is 16.8. The Morgan fingerprint density at radius 3 is 2.44 bits per heavy atom. The third-order valence-electron chi connectivity index (χ3n) is 3.40. The number of ether oxygens (including phenoxy) is 2. The number of carbonyl (C=O) groups excluding carboxylic acids is 1. The highest BCUT2D eigenvalue weighted by atomic mass is 35.5. The van der Waals surface area contributed by atoms with Gasteiger partial charge in [0.15, 0.2) is 11.5 Å². The van der Waals surface area contributed by atoms with Gasteiger partial charge in [-0.2, -0.15) is 0 Å². The molecule has 1 aromatic heterocycles. The van der Waals surface area contributed by atoms with Crippen LogP contribution >= 0.6 is 11.6 Å². The first-order chi connectivity index (χ1) is 12.2. The summed E-state index contributed by atoms with van der Waals surface area (Å²) in [5.74, 6) is 1.64. The summed E-state index contributed by atoms with van der Waals surface area (Å²) in [4.78, 5) is 16.0. The van der Waals surface area contributed by atoms with Crippen molar-refractivity contribution in [3.8, 4) is 17.2 Å². The number of pyridine rings is 1. The maximum Gasteiger partial charge on any atom is 0.255 e. The second kappa shape index (κ2) is 7.68. The van der Waals surface area contributed by atoms with Gasteiger partial charge in [-0.1, -0.05) is 23.7 Å². The van der Waals surface area contributed by atoms with Crippen LogP contribution in [0, 0.1) is 0 Å². The normalized spacial score (nSPS) is 10.2. The Labute approximate surface area is 150 Å². The van der Waals surface area contributed by atoms with E-state index in [1.165, 1.54) is 12.3 Å². The molecular formula is C19H15ClN2O3. The number of benzene rings is 2. The van der Waals surface area contributed by atoms with Crippen LogP contribution in [0.3, 0.4) is 0 Å². The van der Waals surface area contributed by atoms with E-state index >= 15 is 0 Å². The third kappa shape index (κ3) is 4.28. The summed E-state index contributed by atoms with van der Waals surface area (Å²) >= 11 is 5.80. The van der Waals surface area contributed by atoms with E-state index in [4.69, 9.17) is 21.1 Å². The maximum atomic E-state index is 12.2. The van der Waals surface area contributed by atoms with Gasteiger partial charge >= 0.3 is 0 Å². The van der Waals surface area contributed by atoms with Gasteiger partial charge in [0.05, 0.1) is 7.11 Å². The summed E-state index contributed by atoms with van der Waals surface area (Å²) < 4.78 is 11.1. The van der Waals surface area contributed by atoms with Gasteiger partial charge in [-0.05, 0) is 48.5 Å². The third-order valence-corrected chi connectivity index (χ3v) is 3.60. The lowest BCUT2D eigenvalue weighted by molar-refractivity contribution is 0.102. The van der Waals surface area contributed by atoms with Crippen molar-refractivity contribution < 1.29 is 14.3 Å². The van der Waals surface area contributed by atoms with E-state index in [0.717, 1.165) is 0 Å². The standard InChI is InChI=1S/C19H15ClN2O3/c1-24-16-4-2-3-5-17(16)25-15-8-6-14(7-9-15)22-19(23)13-10-11-21-18(20)12-13/h2-12H,1H3,(H,22,23). The number of methoxy groups -OCH3 is 1. The number of para-hydroxylation sites is 2. The number of nitrogens with zero attached hydrogens (tertiary/aromatic N) is 1. The van der Waals surface area contributed by atoms with Gasteiger partial charge in [-0.3, -0.25) is 4.79 Å². The monoisotopic (exact) mass is 354 g/mol. The van der Waals surface area contributed by atoms with E-state index in [1.807, 2.05) is 24.3 Å². The van der Waals surface area contributed by atoms with Crippen molar-refractivity contribution >= 4 is 23.2 Å². The lowest BCUT2D eigenvalue weighted by atomic mass is 10.2. The van der Waals surface area contributed by atoms with Crippen molar-refractivity contribution in [2.24, 2.45) is 0 Å². The molecule has 0 unspecified atom stereocenters. The van der Waals surface area contributed by atoms with E-state index < -0.39 is 0 Å². The van der Waals surface area contributed by atoms with Crippen molar-refractivity contribution in [3.05, 3.63) is 77.6 Å². The van der Waals surface area contributed by atoms with Gasteiger partial charge in [0, 0.05) is 17.4 Å². The quantitative estimate of drug-likeness (QED) is 0.669. The molecule has 0 aliphatic heterocycles. The van der Waals surface area contributed by atoms with Crippen LogP contribution in [0.2, 0.25) is 5.15 Å². The van der Waals surface area contributed by atoms with Gasteiger partial charge in [-0.25, -0.2) is 4.98 Å². The summed E-state index contributed by atoms with van der Waals surface area (Å²) in [6.45, 7) is 0. The molecule has 2 aromatic carbocycles. The molecule has 0 saturated carbocycles. The first-order valence-corrected chi connectivity index (χ1v) is 7.87. The fraction of sp³-hybridized carbons (Fsp3) is 0.0526. The smallest absolute Gasteiger partial charge is 0.255 e. The number of nitrogens with one attached hydrogen (secondary N) is 1. The molecule has 126 valence electrons. The summed E-state index contributed by atoms with van der Waals surface area (Å²) in [6.07, 6.45) is 1.49. The zero-order valence-corrected chi connectivity index (χ0v) is 14.2. The number of aromatic nitrogens is 1. The zero-order chi connectivity index (χ0) is 17.6. The van der Waals surface area contributed by atoms with Crippen LogP contribution in [0.5, 0.6) is 17.2 Å². The molecule has 6 heteroatoms. The number of amides is 1. The fourth-order valence-electron chi connectivity index (χ4n) is 2.18. The van der Waals surface area contributed by atoms with Crippen molar-refractivity contribution in [1.29, 1.82) is 0 Å². The lowest BCUT2D eigenvalue weighted by Crippen LogP contribution is -2.11. The molecule has 3 aromatic rings. The second-order valence-corrected chi connectivity index (χ2v) is 5.49. The van der Waals surface area contributed by atoms with Gasteiger partial charge in [0.1, 0.15) is 10.9 Å². The van der Waals surface area contributed by atoms with Crippen LogP contribution in [-0.2, 0) is 0 Å². The van der Waals surface area contributed by atoms with Gasteiger partial charge in [-0.15, -0.1) is 0 Å². The number of carbonyl (C=O) groups is 1. The number of rotatable bonds is 5. The van der Waals surface area contributed by atoms with Crippen LogP contribution in [0.1, 0.15) is 10.4 Å². The molecule has 0 fully saturated rings. The Kier molecular flexibility index (Phi) is 5.16. The maximum absolute atomic E-state index is 12.2. The number of hydrogen-bond acceptors (Lipinski definition) is 4. The molecule has 0 saturated heterocycles. The van der Waals surface area contributed by atoms with Crippen LogP contribution in [0.4, 0.5) is 5.69 Å². The predicted octanol–water partition coefficient (Wildman–Crippen LogP) is 4.79. The molecule has 1 amide bonds. The van der Waals surface area contributed by atoms with E-state index in [1.54, 1.807) is 37.4 Å². The molecule has 3 rings (SSSR count). The molecule has 0 bridgehead atoms. The molecule has 1 heterocycles. The fourth-order valence-corrected chi connectivity index (χ4v) is 2.36. The van der Waals surface area contributed by atoms with Crippen molar-refractivity contribution in [3.63, 3.8) is 0 Å². The number of halogens is 1. The van der Waals surface area contributed by atoms with Gasteiger partial charge in [0.25, 0.3) is 5.91 Å². The Morgan fingerprint density at radius 2 is 1.76 bits per heavy atom. The van der Waals surface area contributed by atoms with Crippen LogP contribution in [0.15, 0.2) is 66.9 Å². The highest BCUT2D eigenvalue weighted by Gasteiger charge is 2.08. The van der Waals surface area contributed by atoms with Crippen molar-refractivity contribution in [2.75, 3.05) is 12.4 Å². The van der Waals surface area contributed by atoms with Crippen molar-refractivity contribution in [2.45, 2.75) is 0 Å². The summed E-state index contributed by atoms with van der Waals surface area (Å²) in [5.41, 5.74) is 1.08. The molecule has 0 aliphatic carbocycles. The van der Waals surface area contributed by atoms with Crippen LogP contribution < -0.4 is 14.8 Å². The van der Waals surface area contributed by atoms with E-state index in [9.17, 15) is 4.79 Å². The molecule has 0 aliphatic rings. The Morgan fingerprint density at radius 1 is 1.04 bits per heavy atom. The molecule has 5 nitrogen and oxygen atoms in total. The van der Waals surface area contributed by atoms with Crippen LogP contribution in [-0.4, -0.2) is 18.0 Å². The Hall–Kier alpha value is -3.05. The van der Waals surface area contributed by atoms with E-state index in [2.05, 4.69) is 10.3 Å². The summed E-state index contributed by atoms with van der Waals surface area (Å²) in [6, 6.07) is 17.5. The second-order valence-electron chi connectivity index (χ2n) is 5.10. The highest BCUT2D eigenvalue weighted by Crippen LogP contribution is 2.31. The minimum atomic E-state index is -0.261. The topological polar surface area (TPSA) is 60.5 Å². The highest BCUT2D eigenvalue weighted by molar-refractivity contribution is 6.29. The first-order valence-electron chi connectivity index (χ1n) is 7.49. The molecular weight excluding hydrogens is 340 g/mol. The largest absolute Gasteiger partial charge is 0.493 e. The van der Waals surface area contributed by atoms with Gasteiger partial charge in [0.2, 0.25) is 0 Å². The minimum Gasteiger partial charge on any atom is -0.493 e. The van der Waals surface area contributed by atoms with E-state index in [0.29, 0.717) is 28.5 Å². The molecule has 25 heavy (non-hydrogen) atoms. The minimum absolute atomic E-state index is 0.261. The molecule has 0 spiro atoms. The SMILES string of the molecule is COc1ccccc1Oc1ccc(NC(=O)c2ccnc(Cl)c2)cc1. The Balaban J connectivity index is 1.69. The molecule has 0 radical (unpaired) electrons. The number of hydrogen-bond donors (Lipinski definition) is 1. The van der Waals surface area contributed by atoms with Crippen molar-refractivity contribution in [1.82, 2.24) is 4.98 Å². The molecule has 1 N–H and O–H groups in total. The lowest BCUT2D eigenvalue weighted by Gasteiger charge is -2.11. The number of anilines is 1. The summed E-state index contributed by atoms with van der Waals surface area (Å²) in [7, 11) is 1.59. The van der Waals surface area contributed by atoms with Crippen LogP contribution in [0.25, 0.3) is 0 Å². The molecule has 0 atom stereocenters. The Bertz CT molecular complexity index is 882. The average molecular weight is 355 g/mol.